The third kappa shape index (κ3) is 3.78. The summed E-state index contributed by atoms with van der Waals surface area (Å²) in [4.78, 5) is 20.1. The number of nitrogens with one attached hydrogen (secondary N) is 1. The fraction of sp³-hybridized carbons (Fsp3) is 0.136. The zero-order chi connectivity index (χ0) is 22.2. The molecule has 0 spiro atoms. The van der Waals surface area contributed by atoms with Crippen LogP contribution in [0.4, 0.5) is 5.69 Å². The van der Waals surface area contributed by atoms with Gasteiger partial charge in [0.25, 0.3) is 5.91 Å². The fourth-order valence-electron chi connectivity index (χ4n) is 3.45. The third-order valence-electron chi connectivity index (χ3n) is 4.98. The van der Waals surface area contributed by atoms with Crippen molar-refractivity contribution in [2.75, 3.05) is 5.32 Å². The summed E-state index contributed by atoms with van der Waals surface area (Å²) in [5.41, 5.74) is 3.49. The number of rotatable bonds is 5. The summed E-state index contributed by atoms with van der Waals surface area (Å²) >= 11 is 3.10. The molecule has 0 atom stereocenters. The maximum Gasteiger partial charge on any atom is 0.256 e. The minimum Gasteiger partial charge on any atom is -0.322 e. The van der Waals surface area contributed by atoms with Gasteiger partial charge in [0.1, 0.15) is 6.33 Å². The molecule has 10 heteroatoms. The minimum absolute atomic E-state index is 0.194. The zero-order valence-electron chi connectivity index (χ0n) is 17.6. The van der Waals surface area contributed by atoms with Crippen LogP contribution in [0.1, 0.15) is 16.1 Å². The highest BCUT2D eigenvalue weighted by Gasteiger charge is 2.20. The Morgan fingerprint density at radius 1 is 1.16 bits per heavy atom. The number of benzene rings is 1. The summed E-state index contributed by atoms with van der Waals surface area (Å²) in [5.74, 6) is -0.194. The number of carbonyl (C=O) groups excluding carboxylic acids is 1. The molecular weight excluding hydrogens is 442 g/mol. The van der Waals surface area contributed by atoms with Gasteiger partial charge < -0.3 is 9.88 Å². The van der Waals surface area contributed by atoms with Crippen molar-refractivity contribution in [3.63, 3.8) is 0 Å². The topological polar surface area (TPSA) is 90.5 Å². The van der Waals surface area contributed by atoms with Crippen molar-refractivity contribution in [1.82, 2.24) is 29.5 Å². The highest BCUT2D eigenvalue weighted by Crippen LogP contribution is 2.30. The molecule has 0 saturated heterocycles. The largest absolute Gasteiger partial charge is 0.322 e. The number of pyridine rings is 1. The van der Waals surface area contributed by atoms with Gasteiger partial charge in [0.15, 0.2) is 10.8 Å². The van der Waals surface area contributed by atoms with Gasteiger partial charge in [-0.15, -0.1) is 21.5 Å². The number of nitrogens with zero attached hydrogens (tertiary/aromatic N) is 6. The van der Waals surface area contributed by atoms with Crippen LogP contribution >= 0.6 is 23.1 Å². The molecule has 4 aromatic heterocycles. The van der Waals surface area contributed by atoms with Crippen molar-refractivity contribution < 1.29 is 4.79 Å². The van der Waals surface area contributed by atoms with E-state index < -0.39 is 0 Å². The van der Waals surface area contributed by atoms with E-state index in [2.05, 4.69) is 20.6 Å². The second-order valence-corrected chi connectivity index (χ2v) is 9.23. The lowest BCUT2D eigenvalue weighted by Gasteiger charge is -2.09. The number of fused-ring (bicyclic) bond motifs is 1. The third-order valence-corrected chi connectivity index (χ3v) is 6.93. The number of hydrogen-bond donors (Lipinski definition) is 1. The molecule has 5 rings (SSSR count). The Labute approximate surface area is 192 Å². The van der Waals surface area contributed by atoms with E-state index in [0.29, 0.717) is 16.9 Å². The van der Waals surface area contributed by atoms with Crippen LogP contribution in [0.3, 0.4) is 0 Å². The number of thiophene rings is 1. The molecule has 0 unspecified atom stereocenters. The monoisotopic (exact) mass is 461 g/mol. The summed E-state index contributed by atoms with van der Waals surface area (Å²) in [6.07, 6.45) is 1.66. The second kappa shape index (κ2) is 8.21. The first-order valence-electron chi connectivity index (χ1n) is 9.81. The van der Waals surface area contributed by atoms with Gasteiger partial charge in [0, 0.05) is 24.7 Å². The Kier molecular flexibility index (Phi) is 5.24. The van der Waals surface area contributed by atoms with Crippen LogP contribution in [0.25, 0.3) is 21.6 Å². The molecule has 1 aromatic carbocycles. The van der Waals surface area contributed by atoms with Gasteiger partial charge in [-0.1, -0.05) is 6.07 Å². The Bertz CT molecular complexity index is 1420. The molecule has 1 N–H and O–H groups in total. The van der Waals surface area contributed by atoms with E-state index in [1.807, 2.05) is 73.4 Å². The Balaban J connectivity index is 1.45. The van der Waals surface area contributed by atoms with E-state index in [-0.39, 0.29) is 5.91 Å². The molecule has 4 heterocycles. The molecule has 0 aliphatic rings. The predicted molar refractivity (Wildman–Crippen MR) is 126 cm³/mol. The van der Waals surface area contributed by atoms with Crippen LogP contribution in [-0.2, 0) is 14.1 Å². The molecule has 160 valence electrons. The second-order valence-electron chi connectivity index (χ2n) is 7.24. The molecule has 0 bridgehead atoms. The summed E-state index contributed by atoms with van der Waals surface area (Å²) in [5, 5.41) is 19.0. The molecule has 0 aliphatic carbocycles. The fourth-order valence-corrected chi connectivity index (χ4v) is 4.90. The van der Waals surface area contributed by atoms with Crippen LogP contribution in [0.5, 0.6) is 0 Å². The summed E-state index contributed by atoms with van der Waals surface area (Å²) in [6.45, 7) is 1.89. The summed E-state index contributed by atoms with van der Waals surface area (Å²) < 4.78 is 3.58. The maximum absolute atomic E-state index is 13.3. The van der Waals surface area contributed by atoms with Crippen molar-refractivity contribution in [2.24, 2.45) is 14.1 Å². The van der Waals surface area contributed by atoms with Gasteiger partial charge >= 0.3 is 0 Å². The summed E-state index contributed by atoms with van der Waals surface area (Å²) in [6, 6.07) is 13.5. The van der Waals surface area contributed by atoms with Gasteiger partial charge in [-0.2, -0.15) is 5.10 Å². The molecule has 32 heavy (non-hydrogen) atoms. The standard InChI is InChI=1S/C22H19N7OS2/c1-13-19-16(11-17(18-5-4-10-31-18)25-20(19)29(3)27-13)21(30)24-14-6-8-15(9-7-14)32-22-26-23-12-28(22)2/h4-12H,1-3H3,(H,24,30). The van der Waals surface area contributed by atoms with E-state index in [0.717, 1.165) is 31.7 Å². The molecule has 0 radical (unpaired) electrons. The van der Waals surface area contributed by atoms with Crippen LogP contribution in [0, 0.1) is 6.92 Å². The number of aryl methyl sites for hydroxylation is 3. The van der Waals surface area contributed by atoms with E-state index in [1.165, 1.54) is 11.8 Å². The first-order chi connectivity index (χ1) is 15.5. The SMILES string of the molecule is Cc1nn(C)c2nc(-c3cccs3)cc(C(=O)Nc3ccc(Sc4nncn4C)cc3)c12. The highest BCUT2D eigenvalue weighted by atomic mass is 32.2. The lowest BCUT2D eigenvalue weighted by atomic mass is 10.1. The molecule has 5 aromatic rings. The van der Waals surface area contributed by atoms with Gasteiger partial charge in [0.2, 0.25) is 0 Å². The molecule has 1 amide bonds. The normalized spacial score (nSPS) is 11.2. The van der Waals surface area contributed by atoms with Gasteiger partial charge in [-0.05, 0) is 60.5 Å². The first kappa shape index (κ1) is 20.4. The van der Waals surface area contributed by atoms with Crippen molar-refractivity contribution >= 4 is 45.7 Å². The number of hydrogen-bond acceptors (Lipinski definition) is 7. The average molecular weight is 462 g/mol. The number of amides is 1. The smallest absolute Gasteiger partial charge is 0.256 e. The predicted octanol–water partition coefficient (Wildman–Crippen LogP) is 4.54. The Morgan fingerprint density at radius 3 is 2.66 bits per heavy atom. The van der Waals surface area contributed by atoms with Crippen LogP contribution < -0.4 is 5.32 Å². The molecule has 0 saturated carbocycles. The summed E-state index contributed by atoms with van der Waals surface area (Å²) in [7, 11) is 3.74. The molecule has 8 nitrogen and oxygen atoms in total. The average Bonchev–Trinajstić information content (AvgIpc) is 3.52. The van der Waals surface area contributed by atoms with E-state index >= 15 is 0 Å². The molecule has 0 fully saturated rings. The van der Waals surface area contributed by atoms with Crippen molar-refractivity contribution in [3.05, 3.63) is 65.4 Å². The highest BCUT2D eigenvalue weighted by molar-refractivity contribution is 7.99. The molecule has 0 aliphatic heterocycles. The Hall–Kier alpha value is -3.50. The number of aromatic nitrogens is 6. The van der Waals surface area contributed by atoms with Crippen molar-refractivity contribution in [3.8, 4) is 10.6 Å². The molecular formula is C22H19N7OS2. The maximum atomic E-state index is 13.3. The van der Waals surface area contributed by atoms with Gasteiger partial charge in [-0.3, -0.25) is 9.48 Å². The van der Waals surface area contributed by atoms with Crippen LogP contribution in [-0.4, -0.2) is 35.4 Å². The van der Waals surface area contributed by atoms with E-state index in [9.17, 15) is 4.79 Å². The Morgan fingerprint density at radius 2 is 1.97 bits per heavy atom. The zero-order valence-corrected chi connectivity index (χ0v) is 19.2. The van der Waals surface area contributed by atoms with E-state index in [1.54, 1.807) is 22.3 Å². The van der Waals surface area contributed by atoms with Gasteiger partial charge in [0.05, 0.1) is 27.2 Å². The van der Waals surface area contributed by atoms with Gasteiger partial charge in [-0.25, -0.2) is 4.98 Å². The first-order valence-corrected chi connectivity index (χ1v) is 11.5. The van der Waals surface area contributed by atoms with Crippen LogP contribution in [0.15, 0.2) is 64.2 Å². The number of carbonyl (C=O) groups is 1. The van der Waals surface area contributed by atoms with Crippen LogP contribution in [0.2, 0.25) is 0 Å². The lowest BCUT2D eigenvalue weighted by molar-refractivity contribution is 0.102. The minimum atomic E-state index is -0.194. The number of anilines is 1. The quantitative estimate of drug-likeness (QED) is 0.413. The lowest BCUT2D eigenvalue weighted by Crippen LogP contribution is -2.13. The van der Waals surface area contributed by atoms with Crippen molar-refractivity contribution in [2.45, 2.75) is 17.0 Å². The van der Waals surface area contributed by atoms with Crippen molar-refractivity contribution in [1.29, 1.82) is 0 Å². The van der Waals surface area contributed by atoms with E-state index in [4.69, 9.17) is 4.98 Å².